The van der Waals surface area contributed by atoms with E-state index in [0.717, 1.165) is 4.47 Å². The number of anilines is 2. The number of hydrogen-bond acceptors (Lipinski definition) is 6. The van der Waals surface area contributed by atoms with Crippen molar-refractivity contribution >= 4 is 51.2 Å². The van der Waals surface area contributed by atoms with Crippen LogP contribution in [-0.2, 0) is 9.59 Å². The molecule has 3 aromatic rings. The van der Waals surface area contributed by atoms with E-state index in [4.69, 9.17) is 9.47 Å². The van der Waals surface area contributed by atoms with Crippen LogP contribution < -0.4 is 25.5 Å². The second-order valence-electron chi connectivity index (χ2n) is 7.00. The van der Waals surface area contributed by atoms with Gasteiger partial charge in [0.15, 0.2) is 0 Å². The molecule has 0 spiro atoms. The van der Waals surface area contributed by atoms with Crippen LogP contribution in [0.3, 0.4) is 0 Å². The van der Waals surface area contributed by atoms with Crippen LogP contribution in [0.1, 0.15) is 22.8 Å². The smallest absolute Gasteiger partial charge is 0.329 e. The van der Waals surface area contributed by atoms with Gasteiger partial charge < -0.3 is 20.1 Å². The van der Waals surface area contributed by atoms with Gasteiger partial charge in [-0.2, -0.15) is 5.10 Å². The predicted octanol–water partition coefficient (Wildman–Crippen LogP) is 4.20. The van der Waals surface area contributed by atoms with Gasteiger partial charge in [-0.3, -0.25) is 14.4 Å². The molecule has 0 fully saturated rings. The van der Waals surface area contributed by atoms with Crippen LogP contribution in [-0.4, -0.2) is 37.7 Å². The number of rotatable bonds is 8. The minimum Gasteiger partial charge on any atom is -0.496 e. The summed E-state index contributed by atoms with van der Waals surface area (Å²) in [4.78, 5) is 37.4. The lowest BCUT2D eigenvalue weighted by Gasteiger charge is -2.11. The molecule has 3 N–H and O–H groups in total. The van der Waals surface area contributed by atoms with E-state index in [1.165, 1.54) is 25.5 Å². The summed E-state index contributed by atoms with van der Waals surface area (Å²) in [7, 11) is 1.51. The summed E-state index contributed by atoms with van der Waals surface area (Å²) in [5, 5.41) is 9.01. The fraction of sp³-hybridized carbons (Fsp3) is 0.120. The number of methoxy groups -OCH3 is 1. The van der Waals surface area contributed by atoms with E-state index in [-0.39, 0.29) is 11.3 Å². The molecular weight excluding hydrogens is 516 g/mol. The lowest BCUT2D eigenvalue weighted by molar-refractivity contribution is -0.136. The lowest BCUT2D eigenvalue weighted by Crippen LogP contribution is -2.33. The molecule has 10 heteroatoms. The van der Waals surface area contributed by atoms with Crippen molar-refractivity contribution in [3.63, 3.8) is 0 Å². The maximum atomic E-state index is 12.8. The van der Waals surface area contributed by atoms with E-state index in [1.807, 2.05) is 6.92 Å². The molecule has 0 radical (unpaired) electrons. The zero-order valence-electron chi connectivity index (χ0n) is 19.0. The second kappa shape index (κ2) is 12.3. The van der Waals surface area contributed by atoms with Gasteiger partial charge in [0, 0.05) is 15.7 Å². The van der Waals surface area contributed by atoms with E-state index >= 15 is 0 Å². The summed E-state index contributed by atoms with van der Waals surface area (Å²) >= 11 is 3.35. The fourth-order valence-corrected chi connectivity index (χ4v) is 3.36. The number of hydrazone groups is 1. The van der Waals surface area contributed by atoms with Crippen molar-refractivity contribution in [3.05, 3.63) is 82.3 Å². The van der Waals surface area contributed by atoms with Crippen LogP contribution in [0, 0.1) is 0 Å². The molecule has 9 nitrogen and oxygen atoms in total. The SMILES string of the molecule is CCOc1ccc(NC(=O)c2ccccc2NC(=O)C(=O)N/N=C/c2cc(Br)ccc2OC)cc1. The molecule has 3 aromatic carbocycles. The van der Waals surface area contributed by atoms with Gasteiger partial charge >= 0.3 is 11.8 Å². The maximum absolute atomic E-state index is 12.8. The van der Waals surface area contributed by atoms with Gasteiger partial charge in [-0.05, 0) is 61.5 Å². The standard InChI is InChI=1S/C25H23BrN4O5/c1-3-35-19-11-9-18(10-12-19)28-23(31)20-6-4-5-7-21(20)29-24(32)25(33)30-27-15-16-14-17(26)8-13-22(16)34-2/h4-15H,3H2,1-2H3,(H,28,31)(H,29,32)(H,30,33)/b27-15+. The highest BCUT2D eigenvalue weighted by atomic mass is 79.9. The van der Waals surface area contributed by atoms with Crippen molar-refractivity contribution in [3.8, 4) is 11.5 Å². The van der Waals surface area contributed by atoms with Crippen molar-refractivity contribution in [2.45, 2.75) is 6.92 Å². The largest absolute Gasteiger partial charge is 0.496 e. The summed E-state index contributed by atoms with van der Waals surface area (Å²) in [5.74, 6) is -1.21. The third-order valence-corrected chi connectivity index (χ3v) is 5.10. The van der Waals surface area contributed by atoms with E-state index in [9.17, 15) is 14.4 Å². The van der Waals surface area contributed by atoms with Crippen molar-refractivity contribution in [1.29, 1.82) is 0 Å². The number of nitrogens with one attached hydrogen (secondary N) is 3. The number of hydrogen-bond donors (Lipinski definition) is 3. The quantitative estimate of drug-likeness (QED) is 0.225. The maximum Gasteiger partial charge on any atom is 0.329 e. The molecule has 0 saturated heterocycles. The van der Waals surface area contributed by atoms with E-state index in [1.54, 1.807) is 54.6 Å². The first-order valence-corrected chi connectivity index (χ1v) is 11.3. The van der Waals surface area contributed by atoms with Gasteiger partial charge in [-0.1, -0.05) is 28.1 Å². The minimum absolute atomic E-state index is 0.175. The molecule has 3 amide bonds. The molecular formula is C25H23BrN4O5. The van der Waals surface area contributed by atoms with Crippen molar-refractivity contribution in [2.75, 3.05) is 24.4 Å². The highest BCUT2D eigenvalue weighted by molar-refractivity contribution is 9.10. The first-order chi connectivity index (χ1) is 16.9. The number of carbonyl (C=O) groups excluding carboxylic acids is 3. The second-order valence-corrected chi connectivity index (χ2v) is 7.91. The lowest BCUT2D eigenvalue weighted by atomic mass is 10.1. The van der Waals surface area contributed by atoms with Gasteiger partial charge in [0.25, 0.3) is 5.91 Å². The number of benzene rings is 3. The van der Waals surface area contributed by atoms with Crippen molar-refractivity contribution in [2.24, 2.45) is 5.10 Å². The molecule has 0 aromatic heterocycles. The highest BCUT2D eigenvalue weighted by Crippen LogP contribution is 2.22. The first-order valence-electron chi connectivity index (χ1n) is 10.5. The van der Waals surface area contributed by atoms with Gasteiger partial charge in [0.2, 0.25) is 0 Å². The average molecular weight is 539 g/mol. The Hall–Kier alpha value is -4.18. The number of amides is 3. The van der Waals surface area contributed by atoms with Crippen molar-refractivity contribution in [1.82, 2.24) is 5.43 Å². The van der Waals surface area contributed by atoms with Crippen LogP contribution in [0.25, 0.3) is 0 Å². The van der Waals surface area contributed by atoms with Gasteiger partial charge in [-0.25, -0.2) is 5.43 Å². The molecule has 0 aliphatic rings. The number of nitrogens with zero attached hydrogens (tertiary/aromatic N) is 1. The third kappa shape index (κ3) is 7.15. The summed E-state index contributed by atoms with van der Waals surface area (Å²) in [6.45, 7) is 2.42. The zero-order valence-corrected chi connectivity index (χ0v) is 20.6. The number of ether oxygens (including phenoxy) is 2. The Balaban J connectivity index is 1.64. The van der Waals surface area contributed by atoms with Crippen LogP contribution in [0.2, 0.25) is 0 Å². The number of para-hydroxylation sites is 1. The van der Waals surface area contributed by atoms with Gasteiger partial charge in [0.1, 0.15) is 11.5 Å². The average Bonchev–Trinajstić information content (AvgIpc) is 2.85. The normalized spacial score (nSPS) is 10.5. The minimum atomic E-state index is -1.00. The van der Waals surface area contributed by atoms with Gasteiger partial charge in [0.05, 0.1) is 31.2 Å². The first kappa shape index (κ1) is 25.4. The molecule has 0 bridgehead atoms. The number of halogens is 1. The third-order valence-electron chi connectivity index (χ3n) is 4.61. The Morgan fingerprint density at radius 2 is 1.71 bits per heavy atom. The van der Waals surface area contributed by atoms with Crippen LogP contribution >= 0.6 is 15.9 Å². The Morgan fingerprint density at radius 1 is 0.971 bits per heavy atom. The molecule has 0 aliphatic carbocycles. The zero-order chi connectivity index (χ0) is 25.2. The Morgan fingerprint density at radius 3 is 2.43 bits per heavy atom. The molecule has 0 saturated carbocycles. The van der Waals surface area contributed by atoms with Crippen LogP contribution in [0.4, 0.5) is 11.4 Å². The van der Waals surface area contributed by atoms with E-state index < -0.39 is 17.7 Å². The van der Waals surface area contributed by atoms with E-state index in [0.29, 0.717) is 29.4 Å². The molecule has 180 valence electrons. The van der Waals surface area contributed by atoms with E-state index in [2.05, 4.69) is 37.1 Å². The monoisotopic (exact) mass is 538 g/mol. The molecule has 0 aliphatic heterocycles. The fourth-order valence-electron chi connectivity index (χ4n) is 2.99. The molecule has 35 heavy (non-hydrogen) atoms. The van der Waals surface area contributed by atoms with Crippen LogP contribution in [0.5, 0.6) is 11.5 Å². The Labute approximate surface area is 210 Å². The molecule has 0 atom stereocenters. The predicted molar refractivity (Wildman–Crippen MR) is 137 cm³/mol. The Bertz CT molecular complexity index is 1240. The summed E-state index contributed by atoms with van der Waals surface area (Å²) < 4.78 is 11.4. The number of carbonyl (C=O) groups is 3. The van der Waals surface area contributed by atoms with Crippen molar-refractivity contribution < 1.29 is 23.9 Å². The molecule has 0 unspecified atom stereocenters. The topological polar surface area (TPSA) is 118 Å². The summed E-state index contributed by atoms with van der Waals surface area (Å²) in [5.41, 5.74) is 3.67. The highest BCUT2D eigenvalue weighted by Gasteiger charge is 2.18. The molecule has 0 heterocycles. The Kier molecular flexibility index (Phi) is 8.96. The molecule has 3 rings (SSSR count). The summed E-state index contributed by atoms with van der Waals surface area (Å²) in [6, 6.07) is 18.5. The van der Waals surface area contributed by atoms with Gasteiger partial charge in [-0.15, -0.1) is 0 Å². The van der Waals surface area contributed by atoms with Crippen LogP contribution in [0.15, 0.2) is 76.3 Å². The summed E-state index contributed by atoms with van der Waals surface area (Å²) in [6.07, 6.45) is 1.35.